The van der Waals surface area contributed by atoms with Crippen LogP contribution < -0.4 is 10.2 Å². The molecule has 1 aromatic heterocycles. The zero-order valence-electron chi connectivity index (χ0n) is 18.5. The number of aromatic nitrogens is 1. The molecule has 5 rings (SSSR count). The van der Waals surface area contributed by atoms with Crippen LogP contribution in [0.15, 0.2) is 42.5 Å². The molecule has 32 heavy (non-hydrogen) atoms. The van der Waals surface area contributed by atoms with Crippen LogP contribution in [0, 0.1) is 6.92 Å². The van der Waals surface area contributed by atoms with Gasteiger partial charge in [0.2, 0.25) is 5.91 Å². The Hall–Kier alpha value is -2.57. The van der Waals surface area contributed by atoms with E-state index < -0.39 is 6.04 Å². The molecule has 2 amide bonds. The van der Waals surface area contributed by atoms with Gasteiger partial charge in [-0.3, -0.25) is 9.59 Å². The third-order valence-electron chi connectivity index (χ3n) is 6.61. The molecule has 1 aliphatic heterocycles. The van der Waals surface area contributed by atoms with Crippen molar-refractivity contribution in [2.24, 2.45) is 0 Å². The number of benzene rings is 2. The van der Waals surface area contributed by atoms with Crippen LogP contribution in [-0.4, -0.2) is 28.9 Å². The van der Waals surface area contributed by atoms with Crippen molar-refractivity contribution in [3.05, 3.63) is 48.0 Å². The van der Waals surface area contributed by atoms with Gasteiger partial charge in [0, 0.05) is 11.6 Å². The molecule has 166 valence electrons. The van der Waals surface area contributed by atoms with Crippen LogP contribution in [0.25, 0.3) is 20.8 Å². The SMILES string of the molecule is Cc1ccc2nc(-c3ccc(N4C(=O)CC(NC5CCCCCCC5)C4=O)cc3)sc2c1. The summed E-state index contributed by atoms with van der Waals surface area (Å²) in [6, 6.07) is 13.8. The van der Waals surface area contributed by atoms with Crippen molar-refractivity contribution in [3.8, 4) is 10.6 Å². The molecule has 1 unspecified atom stereocenters. The number of hydrogen-bond acceptors (Lipinski definition) is 5. The summed E-state index contributed by atoms with van der Waals surface area (Å²) in [6.07, 6.45) is 8.67. The molecule has 2 aromatic carbocycles. The lowest BCUT2D eigenvalue weighted by Gasteiger charge is -2.24. The van der Waals surface area contributed by atoms with Gasteiger partial charge in [0.15, 0.2) is 0 Å². The van der Waals surface area contributed by atoms with Gasteiger partial charge in [0.25, 0.3) is 5.91 Å². The summed E-state index contributed by atoms with van der Waals surface area (Å²) in [5.74, 6) is -0.248. The first kappa shape index (κ1) is 21.3. The summed E-state index contributed by atoms with van der Waals surface area (Å²) < 4.78 is 1.16. The molecule has 0 spiro atoms. The Morgan fingerprint density at radius 2 is 1.69 bits per heavy atom. The fraction of sp³-hybridized carbons (Fsp3) is 0.423. The van der Waals surface area contributed by atoms with Crippen molar-refractivity contribution in [2.75, 3.05) is 4.90 Å². The van der Waals surface area contributed by atoms with Crippen molar-refractivity contribution in [1.29, 1.82) is 0 Å². The van der Waals surface area contributed by atoms with Crippen LogP contribution in [0.2, 0.25) is 0 Å². The fourth-order valence-electron chi connectivity index (χ4n) is 4.85. The van der Waals surface area contributed by atoms with Gasteiger partial charge in [-0.05, 0) is 61.7 Å². The van der Waals surface area contributed by atoms with Crippen LogP contribution in [-0.2, 0) is 9.59 Å². The standard InChI is InChI=1S/C26H29N3O2S/c1-17-9-14-21-23(15-17)32-25(28-21)18-10-12-20(13-11-18)29-24(30)16-22(26(29)31)27-19-7-5-3-2-4-6-8-19/h9-15,19,22,27H,2-8,16H2,1H3. The monoisotopic (exact) mass is 447 g/mol. The molecule has 0 bridgehead atoms. The maximum atomic E-state index is 13.1. The lowest BCUT2D eigenvalue weighted by atomic mass is 9.96. The maximum absolute atomic E-state index is 13.1. The number of carbonyl (C=O) groups is 2. The van der Waals surface area contributed by atoms with E-state index in [1.807, 2.05) is 30.3 Å². The largest absolute Gasteiger partial charge is 0.303 e. The molecule has 3 aromatic rings. The Balaban J connectivity index is 1.30. The highest BCUT2D eigenvalue weighted by atomic mass is 32.1. The highest BCUT2D eigenvalue weighted by molar-refractivity contribution is 7.21. The average Bonchev–Trinajstić information content (AvgIpc) is 3.30. The number of fused-ring (bicyclic) bond motifs is 1. The second-order valence-corrected chi connectivity index (χ2v) is 10.1. The summed E-state index contributed by atoms with van der Waals surface area (Å²) in [5, 5.41) is 4.45. The fourth-order valence-corrected chi connectivity index (χ4v) is 5.92. The Bertz CT molecular complexity index is 1130. The molecule has 2 heterocycles. The van der Waals surface area contributed by atoms with E-state index in [0.717, 1.165) is 33.6 Å². The zero-order chi connectivity index (χ0) is 22.1. The van der Waals surface area contributed by atoms with Crippen LogP contribution >= 0.6 is 11.3 Å². The van der Waals surface area contributed by atoms with Gasteiger partial charge < -0.3 is 5.32 Å². The Morgan fingerprint density at radius 1 is 0.969 bits per heavy atom. The minimum Gasteiger partial charge on any atom is -0.303 e. The van der Waals surface area contributed by atoms with Gasteiger partial charge in [0.1, 0.15) is 5.01 Å². The summed E-state index contributed by atoms with van der Waals surface area (Å²) in [4.78, 5) is 31.9. The number of imide groups is 1. The molecule has 1 saturated heterocycles. The van der Waals surface area contributed by atoms with Gasteiger partial charge in [0.05, 0.1) is 28.4 Å². The smallest absolute Gasteiger partial charge is 0.251 e. The molecule has 1 saturated carbocycles. The number of aryl methyl sites for hydroxylation is 1. The van der Waals surface area contributed by atoms with E-state index in [9.17, 15) is 9.59 Å². The number of nitrogens with one attached hydrogen (secondary N) is 1. The number of amides is 2. The lowest BCUT2D eigenvalue weighted by molar-refractivity contribution is -0.121. The highest BCUT2D eigenvalue weighted by Gasteiger charge is 2.40. The van der Waals surface area contributed by atoms with Gasteiger partial charge in [-0.15, -0.1) is 11.3 Å². The van der Waals surface area contributed by atoms with Crippen LogP contribution in [0.3, 0.4) is 0 Å². The molecular weight excluding hydrogens is 418 g/mol. The first-order valence-electron chi connectivity index (χ1n) is 11.7. The van der Waals surface area contributed by atoms with E-state index in [-0.39, 0.29) is 18.2 Å². The van der Waals surface area contributed by atoms with Gasteiger partial charge in [-0.25, -0.2) is 9.88 Å². The minimum atomic E-state index is -0.404. The third-order valence-corrected chi connectivity index (χ3v) is 7.67. The highest BCUT2D eigenvalue weighted by Crippen LogP contribution is 2.33. The number of thiazole rings is 1. The zero-order valence-corrected chi connectivity index (χ0v) is 19.3. The summed E-state index contributed by atoms with van der Waals surface area (Å²) in [6.45, 7) is 2.08. The average molecular weight is 448 g/mol. The van der Waals surface area contributed by atoms with Gasteiger partial charge in [-0.2, -0.15) is 0 Å². The molecule has 6 heteroatoms. The molecule has 1 atom stereocenters. The molecule has 5 nitrogen and oxygen atoms in total. The molecule has 2 fully saturated rings. The minimum absolute atomic E-state index is 0.124. The van der Waals surface area contributed by atoms with Crippen molar-refractivity contribution in [2.45, 2.75) is 70.4 Å². The second kappa shape index (κ2) is 9.12. The van der Waals surface area contributed by atoms with E-state index in [4.69, 9.17) is 4.98 Å². The lowest BCUT2D eigenvalue weighted by Crippen LogP contribution is -2.44. The number of anilines is 1. The van der Waals surface area contributed by atoms with Crippen LogP contribution in [0.5, 0.6) is 0 Å². The van der Waals surface area contributed by atoms with Crippen LogP contribution in [0.1, 0.15) is 56.9 Å². The van der Waals surface area contributed by atoms with Crippen molar-refractivity contribution in [1.82, 2.24) is 10.3 Å². The van der Waals surface area contributed by atoms with E-state index >= 15 is 0 Å². The van der Waals surface area contributed by atoms with Crippen molar-refractivity contribution in [3.63, 3.8) is 0 Å². The number of nitrogens with zero attached hydrogens (tertiary/aromatic N) is 2. The second-order valence-electron chi connectivity index (χ2n) is 9.07. The predicted molar refractivity (Wildman–Crippen MR) is 130 cm³/mol. The Labute approximate surface area is 192 Å². The Morgan fingerprint density at radius 3 is 2.44 bits per heavy atom. The van der Waals surface area contributed by atoms with Gasteiger partial charge in [-0.1, -0.05) is 38.2 Å². The van der Waals surface area contributed by atoms with E-state index in [2.05, 4.69) is 24.4 Å². The number of hydrogen-bond donors (Lipinski definition) is 1. The first-order chi connectivity index (χ1) is 15.6. The van der Waals surface area contributed by atoms with E-state index in [0.29, 0.717) is 11.7 Å². The van der Waals surface area contributed by atoms with Gasteiger partial charge >= 0.3 is 0 Å². The van der Waals surface area contributed by atoms with Crippen molar-refractivity contribution >= 4 is 39.1 Å². The summed E-state index contributed by atoms with van der Waals surface area (Å²) in [7, 11) is 0. The molecule has 1 aliphatic carbocycles. The summed E-state index contributed by atoms with van der Waals surface area (Å²) >= 11 is 1.66. The Kier molecular flexibility index (Phi) is 6.07. The molecule has 1 N–H and O–H groups in total. The predicted octanol–water partition coefficient (Wildman–Crippen LogP) is 5.61. The molecule has 0 radical (unpaired) electrons. The first-order valence-corrected chi connectivity index (χ1v) is 12.5. The topological polar surface area (TPSA) is 62.3 Å². The molecular formula is C26H29N3O2S. The quantitative estimate of drug-likeness (QED) is 0.528. The van der Waals surface area contributed by atoms with Crippen molar-refractivity contribution < 1.29 is 9.59 Å². The van der Waals surface area contributed by atoms with E-state index in [1.54, 1.807) is 11.3 Å². The maximum Gasteiger partial charge on any atom is 0.251 e. The van der Waals surface area contributed by atoms with E-state index in [1.165, 1.54) is 42.6 Å². The number of rotatable bonds is 4. The third kappa shape index (κ3) is 4.34. The normalized spacial score (nSPS) is 20.7. The summed E-state index contributed by atoms with van der Waals surface area (Å²) in [5.41, 5.74) is 3.85. The van der Waals surface area contributed by atoms with Crippen LogP contribution in [0.4, 0.5) is 5.69 Å². The number of carbonyl (C=O) groups excluding carboxylic acids is 2. The molecule has 2 aliphatic rings.